The standard InChI is InChI=1S/C17H19FN6O/c18-14-2-1-3-16(8-14)24-5-4-15(21-24)9-22-6-7-25-17(10-22)11-23-13-19-12-20-23/h1-5,8,12-13,17H,6-7,9-11H2/t17-/m1/s1. The average Bonchev–Trinajstić information content (AvgIpc) is 3.27. The Morgan fingerprint density at radius 1 is 1.28 bits per heavy atom. The Morgan fingerprint density at radius 3 is 3.08 bits per heavy atom. The second-order valence-electron chi connectivity index (χ2n) is 6.08. The topological polar surface area (TPSA) is 61.0 Å². The van der Waals surface area contributed by atoms with Crippen LogP contribution in [0.1, 0.15) is 5.69 Å². The molecule has 3 aromatic rings. The Labute approximate surface area is 144 Å². The van der Waals surface area contributed by atoms with Crippen LogP contribution in [0.25, 0.3) is 5.69 Å². The molecule has 25 heavy (non-hydrogen) atoms. The molecule has 1 aliphatic heterocycles. The van der Waals surface area contributed by atoms with Crippen molar-refractivity contribution in [3.63, 3.8) is 0 Å². The van der Waals surface area contributed by atoms with Gasteiger partial charge < -0.3 is 4.74 Å². The molecule has 2 aromatic heterocycles. The third-order valence-electron chi connectivity index (χ3n) is 4.18. The molecule has 4 rings (SSSR count). The van der Waals surface area contributed by atoms with Crippen molar-refractivity contribution in [2.45, 2.75) is 19.2 Å². The molecule has 0 spiro atoms. The van der Waals surface area contributed by atoms with E-state index in [0.717, 1.165) is 31.0 Å². The van der Waals surface area contributed by atoms with E-state index in [1.807, 2.05) is 18.3 Å². The largest absolute Gasteiger partial charge is 0.374 e. The van der Waals surface area contributed by atoms with Gasteiger partial charge in [0.1, 0.15) is 18.5 Å². The van der Waals surface area contributed by atoms with Crippen LogP contribution in [-0.2, 0) is 17.8 Å². The molecular weight excluding hydrogens is 323 g/mol. The smallest absolute Gasteiger partial charge is 0.137 e. The summed E-state index contributed by atoms with van der Waals surface area (Å²) >= 11 is 0. The zero-order chi connectivity index (χ0) is 17.1. The number of rotatable bonds is 5. The molecule has 0 radical (unpaired) electrons. The summed E-state index contributed by atoms with van der Waals surface area (Å²) in [7, 11) is 0. The molecule has 0 N–H and O–H groups in total. The SMILES string of the molecule is Fc1cccc(-n2ccc(CN3CCO[C@@H](Cn4cncn4)C3)n2)c1. The van der Waals surface area contributed by atoms with Crippen LogP contribution in [-0.4, -0.2) is 55.2 Å². The summed E-state index contributed by atoms with van der Waals surface area (Å²) in [5, 5.41) is 8.68. The van der Waals surface area contributed by atoms with Crippen LogP contribution >= 0.6 is 0 Å². The van der Waals surface area contributed by atoms with Crippen molar-refractivity contribution in [2.24, 2.45) is 0 Å². The maximum absolute atomic E-state index is 13.4. The Kier molecular flexibility index (Phi) is 4.53. The van der Waals surface area contributed by atoms with Crippen LogP contribution in [0.5, 0.6) is 0 Å². The van der Waals surface area contributed by atoms with Gasteiger partial charge in [0.15, 0.2) is 0 Å². The summed E-state index contributed by atoms with van der Waals surface area (Å²) in [4.78, 5) is 6.26. The highest BCUT2D eigenvalue weighted by molar-refractivity contribution is 5.31. The maximum atomic E-state index is 13.4. The van der Waals surface area contributed by atoms with Gasteiger partial charge in [-0.05, 0) is 24.3 Å². The van der Waals surface area contributed by atoms with E-state index >= 15 is 0 Å². The molecule has 7 nitrogen and oxygen atoms in total. The van der Waals surface area contributed by atoms with E-state index in [4.69, 9.17) is 4.74 Å². The van der Waals surface area contributed by atoms with Gasteiger partial charge >= 0.3 is 0 Å². The molecule has 0 saturated carbocycles. The molecule has 1 aliphatic rings. The molecule has 1 aromatic carbocycles. The molecule has 0 bridgehead atoms. The van der Waals surface area contributed by atoms with Gasteiger partial charge in [-0.2, -0.15) is 10.2 Å². The number of hydrogen-bond acceptors (Lipinski definition) is 5. The summed E-state index contributed by atoms with van der Waals surface area (Å²) in [6.07, 6.45) is 5.17. The van der Waals surface area contributed by atoms with Crippen molar-refractivity contribution in [1.82, 2.24) is 29.4 Å². The van der Waals surface area contributed by atoms with E-state index in [0.29, 0.717) is 13.2 Å². The van der Waals surface area contributed by atoms with Crippen molar-refractivity contribution in [3.05, 3.63) is 60.7 Å². The number of benzene rings is 1. The third kappa shape index (κ3) is 3.92. The van der Waals surface area contributed by atoms with Gasteiger partial charge in [-0.15, -0.1) is 0 Å². The fourth-order valence-corrected chi connectivity index (χ4v) is 3.01. The van der Waals surface area contributed by atoms with E-state index in [1.54, 1.807) is 21.8 Å². The first-order valence-corrected chi connectivity index (χ1v) is 8.23. The van der Waals surface area contributed by atoms with Crippen LogP contribution in [0.2, 0.25) is 0 Å². The lowest BCUT2D eigenvalue weighted by Gasteiger charge is -2.32. The zero-order valence-corrected chi connectivity index (χ0v) is 13.7. The van der Waals surface area contributed by atoms with E-state index in [2.05, 4.69) is 20.1 Å². The van der Waals surface area contributed by atoms with Gasteiger partial charge in [0.2, 0.25) is 0 Å². The molecular formula is C17H19FN6O. The Bertz CT molecular complexity index is 818. The molecule has 1 atom stereocenters. The number of ether oxygens (including phenoxy) is 1. The molecule has 130 valence electrons. The maximum Gasteiger partial charge on any atom is 0.137 e. The number of morpholine rings is 1. The molecule has 0 aliphatic carbocycles. The Balaban J connectivity index is 1.38. The molecule has 1 saturated heterocycles. The van der Waals surface area contributed by atoms with Crippen LogP contribution in [0.15, 0.2) is 49.2 Å². The Morgan fingerprint density at radius 2 is 2.24 bits per heavy atom. The number of halogens is 1. The van der Waals surface area contributed by atoms with Gasteiger partial charge in [-0.25, -0.2) is 14.1 Å². The van der Waals surface area contributed by atoms with Gasteiger partial charge in [0, 0.05) is 25.8 Å². The third-order valence-corrected chi connectivity index (χ3v) is 4.18. The molecule has 3 heterocycles. The lowest BCUT2D eigenvalue weighted by atomic mass is 10.2. The summed E-state index contributed by atoms with van der Waals surface area (Å²) in [6, 6.07) is 8.38. The second kappa shape index (κ2) is 7.12. The first-order chi connectivity index (χ1) is 12.3. The summed E-state index contributed by atoms with van der Waals surface area (Å²) < 4.78 is 22.7. The lowest BCUT2D eigenvalue weighted by Crippen LogP contribution is -2.43. The van der Waals surface area contributed by atoms with Crippen molar-refractivity contribution >= 4 is 0 Å². The lowest BCUT2D eigenvalue weighted by molar-refractivity contribution is -0.0406. The van der Waals surface area contributed by atoms with Crippen molar-refractivity contribution in [3.8, 4) is 5.69 Å². The fourth-order valence-electron chi connectivity index (χ4n) is 3.01. The molecule has 8 heteroatoms. The van der Waals surface area contributed by atoms with Crippen LogP contribution < -0.4 is 0 Å². The second-order valence-corrected chi connectivity index (χ2v) is 6.08. The molecule has 1 fully saturated rings. The fraction of sp³-hybridized carbons (Fsp3) is 0.353. The van der Waals surface area contributed by atoms with E-state index in [-0.39, 0.29) is 11.9 Å². The number of hydrogen-bond donors (Lipinski definition) is 0. The summed E-state index contributed by atoms with van der Waals surface area (Å²) in [5.74, 6) is -0.265. The van der Waals surface area contributed by atoms with E-state index in [1.165, 1.54) is 18.5 Å². The van der Waals surface area contributed by atoms with Crippen LogP contribution in [0, 0.1) is 5.82 Å². The van der Waals surface area contributed by atoms with E-state index in [9.17, 15) is 4.39 Å². The first kappa shape index (κ1) is 15.9. The highest BCUT2D eigenvalue weighted by Gasteiger charge is 2.21. The predicted octanol–water partition coefficient (Wildman–Crippen LogP) is 1.50. The van der Waals surface area contributed by atoms with Crippen molar-refractivity contribution < 1.29 is 9.13 Å². The normalized spacial score (nSPS) is 18.5. The highest BCUT2D eigenvalue weighted by atomic mass is 19.1. The van der Waals surface area contributed by atoms with E-state index < -0.39 is 0 Å². The number of nitrogens with zero attached hydrogens (tertiary/aromatic N) is 6. The minimum atomic E-state index is -0.265. The predicted molar refractivity (Wildman–Crippen MR) is 88.6 cm³/mol. The minimum absolute atomic E-state index is 0.0840. The van der Waals surface area contributed by atoms with Gasteiger partial charge in [0.25, 0.3) is 0 Å². The van der Waals surface area contributed by atoms with Crippen molar-refractivity contribution in [2.75, 3.05) is 19.7 Å². The van der Waals surface area contributed by atoms with Gasteiger partial charge in [-0.3, -0.25) is 9.58 Å². The molecule has 0 amide bonds. The van der Waals surface area contributed by atoms with Gasteiger partial charge in [-0.1, -0.05) is 6.07 Å². The highest BCUT2D eigenvalue weighted by Crippen LogP contribution is 2.13. The quantitative estimate of drug-likeness (QED) is 0.703. The first-order valence-electron chi connectivity index (χ1n) is 8.23. The van der Waals surface area contributed by atoms with Crippen LogP contribution in [0.3, 0.4) is 0 Å². The van der Waals surface area contributed by atoms with Crippen molar-refractivity contribution in [1.29, 1.82) is 0 Å². The Hall–Kier alpha value is -2.58. The van der Waals surface area contributed by atoms with Gasteiger partial charge in [0.05, 0.1) is 30.6 Å². The molecule has 0 unspecified atom stereocenters. The minimum Gasteiger partial charge on any atom is -0.374 e. The summed E-state index contributed by atoms with van der Waals surface area (Å²) in [5.41, 5.74) is 1.67. The monoisotopic (exact) mass is 342 g/mol. The average molecular weight is 342 g/mol. The summed E-state index contributed by atoms with van der Waals surface area (Å²) in [6.45, 7) is 3.78. The zero-order valence-electron chi connectivity index (χ0n) is 13.7. The number of aromatic nitrogens is 5. The van der Waals surface area contributed by atoms with Crippen LogP contribution in [0.4, 0.5) is 4.39 Å².